The highest BCUT2D eigenvalue weighted by atomic mass is 79.9. The van der Waals surface area contributed by atoms with Gasteiger partial charge in [-0.1, -0.05) is 0 Å². The molecule has 0 saturated heterocycles. The standard InChI is InChI=1S/C12H11BrN2OS.ClH/c13-11-4-3-10(17-11)5-7-15-12(16)9-2-1-6-14-8-9;/h1-4,6,8H,5,7H2,(H,15,16);1H. The van der Waals surface area contributed by atoms with Crippen LogP contribution in [0.4, 0.5) is 0 Å². The normalized spacial score (nSPS) is 9.61. The Labute approximate surface area is 124 Å². The van der Waals surface area contributed by atoms with Gasteiger partial charge in [0.15, 0.2) is 0 Å². The number of amides is 1. The van der Waals surface area contributed by atoms with E-state index in [1.807, 2.05) is 6.07 Å². The topological polar surface area (TPSA) is 42.0 Å². The Morgan fingerprint density at radius 3 is 2.83 bits per heavy atom. The number of hydrogen-bond acceptors (Lipinski definition) is 3. The number of aromatic nitrogens is 1. The van der Waals surface area contributed by atoms with E-state index in [4.69, 9.17) is 0 Å². The minimum atomic E-state index is -0.0753. The molecule has 0 atom stereocenters. The number of nitrogens with one attached hydrogen (secondary N) is 1. The van der Waals surface area contributed by atoms with E-state index < -0.39 is 0 Å². The van der Waals surface area contributed by atoms with Crippen molar-refractivity contribution in [2.24, 2.45) is 0 Å². The number of pyridine rings is 1. The van der Waals surface area contributed by atoms with Crippen LogP contribution in [0.15, 0.2) is 40.4 Å². The first-order valence-corrected chi connectivity index (χ1v) is 6.79. The molecule has 0 radical (unpaired) electrons. The van der Waals surface area contributed by atoms with Gasteiger partial charge in [-0.3, -0.25) is 9.78 Å². The van der Waals surface area contributed by atoms with Crippen molar-refractivity contribution in [3.63, 3.8) is 0 Å². The van der Waals surface area contributed by atoms with Crippen LogP contribution in [0.25, 0.3) is 0 Å². The van der Waals surface area contributed by atoms with Crippen LogP contribution in [-0.4, -0.2) is 17.4 Å². The zero-order valence-electron chi connectivity index (χ0n) is 9.43. The molecule has 0 spiro atoms. The summed E-state index contributed by atoms with van der Waals surface area (Å²) in [7, 11) is 0. The Balaban J connectivity index is 0.00000162. The lowest BCUT2D eigenvalue weighted by atomic mass is 10.2. The highest BCUT2D eigenvalue weighted by molar-refractivity contribution is 9.11. The van der Waals surface area contributed by atoms with Crippen LogP contribution in [-0.2, 0) is 6.42 Å². The maximum Gasteiger partial charge on any atom is 0.252 e. The Bertz CT molecular complexity index is 504. The minimum absolute atomic E-state index is 0. The van der Waals surface area contributed by atoms with E-state index in [0.717, 1.165) is 10.2 Å². The van der Waals surface area contributed by atoms with Gasteiger partial charge in [0, 0.05) is 23.8 Å². The van der Waals surface area contributed by atoms with Gasteiger partial charge in [0.05, 0.1) is 9.35 Å². The van der Waals surface area contributed by atoms with Gasteiger partial charge in [-0.2, -0.15) is 0 Å². The van der Waals surface area contributed by atoms with Gasteiger partial charge in [-0.15, -0.1) is 23.7 Å². The highest BCUT2D eigenvalue weighted by Gasteiger charge is 2.04. The molecule has 0 saturated carbocycles. The van der Waals surface area contributed by atoms with E-state index in [1.54, 1.807) is 35.9 Å². The maximum absolute atomic E-state index is 11.7. The van der Waals surface area contributed by atoms with Crippen molar-refractivity contribution >= 4 is 45.6 Å². The number of carbonyl (C=O) groups excluding carboxylic acids is 1. The lowest BCUT2D eigenvalue weighted by Gasteiger charge is -2.03. The SMILES string of the molecule is Cl.O=C(NCCc1ccc(Br)s1)c1cccnc1. The van der Waals surface area contributed by atoms with E-state index in [1.165, 1.54) is 4.88 Å². The molecule has 2 aromatic heterocycles. The highest BCUT2D eigenvalue weighted by Crippen LogP contribution is 2.22. The zero-order chi connectivity index (χ0) is 12.1. The molecule has 0 fully saturated rings. The van der Waals surface area contributed by atoms with Crippen molar-refractivity contribution in [3.8, 4) is 0 Å². The molecule has 0 bridgehead atoms. The first-order chi connectivity index (χ1) is 8.25. The van der Waals surface area contributed by atoms with Crippen LogP contribution < -0.4 is 5.32 Å². The third-order valence-corrected chi connectivity index (χ3v) is 3.89. The van der Waals surface area contributed by atoms with Crippen molar-refractivity contribution in [2.45, 2.75) is 6.42 Å². The van der Waals surface area contributed by atoms with Crippen molar-refractivity contribution in [1.29, 1.82) is 0 Å². The number of nitrogens with zero attached hydrogens (tertiary/aromatic N) is 1. The molecule has 0 aliphatic heterocycles. The number of carbonyl (C=O) groups is 1. The Hall–Kier alpha value is -0.910. The van der Waals surface area contributed by atoms with Gasteiger partial charge in [0.2, 0.25) is 0 Å². The van der Waals surface area contributed by atoms with Crippen molar-refractivity contribution in [1.82, 2.24) is 10.3 Å². The molecular formula is C12H12BrClN2OS. The lowest BCUT2D eigenvalue weighted by molar-refractivity contribution is 0.0954. The third-order valence-electron chi connectivity index (χ3n) is 2.21. The summed E-state index contributed by atoms with van der Waals surface area (Å²) in [5, 5.41) is 2.87. The summed E-state index contributed by atoms with van der Waals surface area (Å²) in [6, 6.07) is 7.59. The molecule has 2 aromatic rings. The van der Waals surface area contributed by atoms with Gasteiger partial charge >= 0.3 is 0 Å². The predicted octanol–water partition coefficient (Wildman–Crippen LogP) is 3.30. The molecule has 1 N–H and O–H groups in total. The van der Waals surface area contributed by atoms with Gasteiger partial charge in [0.1, 0.15) is 0 Å². The van der Waals surface area contributed by atoms with Crippen LogP contribution in [0.1, 0.15) is 15.2 Å². The van der Waals surface area contributed by atoms with E-state index >= 15 is 0 Å². The van der Waals surface area contributed by atoms with E-state index in [-0.39, 0.29) is 18.3 Å². The predicted molar refractivity (Wildman–Crippen MR) is 79.5 cm³/mol. The average molecular weight is 348 g/mol. The summed E-state index contributed by atoms with van der Waals surface area (Å²) >= 11 is 5.10. The van der Waals surface area contributed by atoms with Crippen molar-refractivity contribution in [3.05, 3.63) is 50.9 Å². The number of thiophene rings is 1. The fraction of sp³-hybridized carbons (Fsp3) is 0.167. The second kappa shape index (κ2) is 7.51. The first-order valence-electron chi connectivity index (χ1n) is 5.18. The smallest absolute Gasteiger partial charge is 0.252 e. The van der Waals surface area contributed by atoms with Crippen LogP contribution >= 0.6 is 39.7 Å². The van der Waals surface area contributed by atoms with Crippen LogP contribution in [0.5, 0.6) is 0 Å². The van der Waals surface area contributed by atoms with Gasteiger partial charge in [-0.05, 0) is 46.6 Å². The molecule has 2 heterocycles. The van der Waals surface area contributed by atoms with Crippen molar-refractivity contribution in [2.75, 3.05) is 6.54 Å². The summed E-state index contributed by atoms with van der Waals surface area (Å²) in [5.41, 5.74) is 0.597. The van der Waals surface area contributed by atoms with Crippen molar-refractivity contribution < 1.29 is 4.79 Å². The van der Waals surface area contributed by atoms with E-state index in [9.17, 15) is 4.79 Å². The fourth-order valence-electron chi connectivity index (χ4n) is 1.38. The summed E-state index contributed by atoms with van der Waals surface area (Å²) in [6.45, 7) is 0.640. The van der Waals surface area contributed by atoms with Crippen LogP contribution in [0.3, 0.4) is 0 Å². The number of rotatable bonds is 4. The summed E-state index contributed by atoms with van der Waals surface area (Å²) < 4.78 is 1.12. The minimum Gasteiger partial charge on any atom is -0.352 e. The van der Waals surface area contributed by atoms with Gasteiger partial charge in [-0.25, -0.2) is 0 Å². The molecule has 0 aliphatic carbocycles. The maximum atomic E-state index is 11.7. The van der Waals surface area contributed by atoms with Gasteiger partial charge < -0.3 is 5.32 Å². The molecule has 0 aliphatic rings. The largest absolute Gasteiger partial charge is 0.352 e. The molecule has 96 valence electrons. The Morgan fingerprint density at radius 2 is 2.22 bits per heavy atom. The molecule has 3 nitrogen and oxygen atoms in total. The second-order valence-corrected chi connectivity index (χ2v) is 6.00. The van der Waals surface area contributed by atoms with E-state index in [0.29, 0.717) is 12.1 Å². The number of halogens is 2. The average Bonchev–Trinajstić information content (AvgIpc) is 2.76. The molecule has 6 heteroatoms. The van der Waals surface area contributed by atoms with Gasteiger partial charge in [0.25, 0.3) is 5.91 Å². The lowest BCUT2D eigenvalue weighted by Crippen LogP contribution is -2.25. The molecule has 2 rings (SSSR count). The number of hydrogen-bond donors (Lipinski definition) is 1. The summed E-state index contributed by atoms with van der Waals surface area (Å²) in [6.07, 6.45) is 4.07. The zero-order valence-corrected chi connectivity index (χ0v) is 12.6. The summed E-state index contributed by atoms with van der Waals surface area (Å²) in [4.78, 5) is 16.8. The summed E-state index contributed by atoms with van der Waals surface area (Å²) in [5.74, 6) is -0.0753. The molecule has 0 unspecified atom stereocenters. The van der Waals surface area contributed by atoms with Crippen LogP contribution in [0, 0.1) is 0 Å². The molecule has 1 amide bonds. The molecular weight excluding hydrogens is 336 g/mol. The second-order valence-electron chi connectivity index (χ2n) is 3.45. The third kappa shape index (κ3) is 4.40. The molecule has 18 heavy (non-hydrogen) atoms. The molecule has 0 aromatic carbocycles. The first kappa shape index (κ1) is 15.1. The van der Waals surface area contributed by atoms with E-state index in [2.05, 4.69) is 32.3 Å². The monoisotopic (exact) mass is 346 g/mol. The quantitative estimate of drug-likeness (QED) is 0.922. The Morgan fingerprint density at radius 1 is 1.39 bits per heavy atom. The fourth-order valence-corrected chi connectivity index (χ4v) is 2.87. The Kier molecular flexibility index (Phi) is 6.32. The van der Waals surface area contributed by atoms with Crippen LogP contribution in [0.2, 0.25) is 0 Å².